The van der Waals surface area contributed by atoms with Gasteiger partial charge in [-0.2, -0.15) is 0 Å². The molecule has 0 spiro atoms. The minimum absolute atomic E-state index is 0.0347. The molecule has 118 valence electrons. The molecule has 0 radical (unpaired) electrons. The van der Waals surface area contributed by atoms with E-state index in [0.29, 0.717) is 6.42 Å². The molecule has 2 rings (SSSR count). The first-order chi connectivity index (χ1) is 10.4. The predicted molar refractivity (Wildman–Crippen MR) is 81.5 cm³/mol. The first-order valence-electron chi connectivity index (χ1n) is 7.00. The van der Waals surface area contributed by atoms with E-state index in [9.17, 15) is 14.7 Å². The fraction of sp³-hybridized carbons (Fsp3) is 0.400. The molecule has 3 N–H and O–H groups in total. The highest BCUT2D eigenvalue weighted by molar-refractivity contribution is 5.90. The molecule has 1 heterocycles. The number of aryl methyl sites for hydroxylation is 1. The molecule has 1 aromatic carbocycles. The van der Waals surface area contributed by atoms with E-state index in [1.54, 1.807) is 0 Å². The molecule has 1 aromatic heterocycles. The zero-order valence-corrected chi connectivity index (χ0v) is 12.7. The van der Waals surface area contributed by atoms with Crippen LogP contribution in [0.4, 0.5) is 0 Å². The Morgan fingerprint density at radius 2 is 2.09 bits per heavy atom. The number of amides is 1. The zero-order chi connectivity index (χ0) is 16.2. The Morgan fingerprint density at radius 1 is 1.41 bits per heavy atom. The highest BCUT2D eigenvalue weighted by Crippen LogP contribution is 2.21. The minimum Gasteiger partial charge on any atom is -0.396 e. The van der Waals surface area contributed by atoms with Crippen molar-refractivity contribution in [2.45, 2.75) is 13.3 Å². The maximum Gasteiger partial charge on any atom is 0.343 e. The Labute approximate surface area is 128 Å². The lowest BCUT2D eigenvalue weighted by molar-refractivity contribution is 0.0885. The van der Waals surface area contributed by atoms with Crippen LogP contribution in [0.25, 0.3) is 0 Å². The van der Waals surface area contributed by atoms with Gasteiger partial charge in [-0.3, -0.25) is 9.78 Å². The van der Waals surface area contributed by atoms with E-state index < -0.39 is 17.0 Å². The van der Waals surface area contributed by atoms with Crippen LogP contribution in [0.3, 0.4) is 0 Å². The molecular formula is C15H20N4O3. The van der Waals surface area contributed by atoms with Gasteiger partial charge in [0.1, 0.15) is 0 Å². The van der Waals surface area contributed by atoms with Crippen molar-refractivity contribution in [3.63, 3.8) is 0 Å². The number of H-pyrrole nitrogens is 1. The summed E-state index contributed by atoms with van der Waals surface area (Å²) in [5.74, 6) is -0.502. The average Bonchev–Trinajstić information content (AvgIpc) is 2.85. The normalized spacial score (nSPS) is 13.6. The SMILES string of the molecule is Cn1nc(C(=O)NCC(C)(CO)Cc2ccccc2)[nH]c1=O. The number of nitrogens with zero attached hydrogens (tertiary/aromatic N) is 2. The number of aromatic nitrogens is 3. The average molecular weight is 304 g/mol. The van der Waals surface area contributed by atoms with Gasteiger partial charge < -0.3 is 10.4 Å². The molecule has 7 nitrogen and oxygen atoms in total. The molecule has 0 bridgehead atoms. The maximum absolute atomic E-state index is 12.0. The molecule has 0 fully saturated rings. The van der Waals surface area contributed by atoms with Gasteiger partial charge in [-0.1, -0.05) is 37.3 Å². The van der Waals surface area contributed by atoms with E-state index in [2.05, 4.69) is 15.4 Å². The summed E-state index contributed by atoms with van der Waals surface area (Å²) in [6, 6.07) is 9.76. The van der Waals surface area contributed by atoms with Crippen molar-refractivity contribution in [2.24, 2.45) is 12.5 Å². The van der Waals surface area contributed by atoms with E-state index in [-0.39, 0.29) is 19.0 Å². The smallest absolute Gasteiger partial charge is 0.343 e. The van der Waals surface area contributed by atoms with Crippen LogP contribution in [0, 0.1) is 5.41 Å². The molecule has 7 heteroatoms. The van der Waals surface area contributed by atoms with Crippen molar-refractivity contribution in [1.82, 2.24) is 20.1 Å². The van der Waals surface area contributed by atoms with Crippen LogP contribution < -0.4 is 11.0 Å². The van der Waals surface area contributed by atoms with E-state index in [1.165, 1.54) is 7.05 Å². The molecule has 0 aliphatic heterocycles. The summed E-state index contributed by atoms with van der Waals surface area (Å²) in [6.45, 7) is 2.10. The van der Waals surface area contributed by atoms with Crippen LogP contribution in [0.5, 0.6) is 0 Å². The van der Waals surface area contributed by atoms with Crippen molar-refractivity contribution in [2.75, 3.05) is 13.2 Å². The van der Waals surface area contributed by atoms with Crippen molar-refractivity contribution in [3.05, 3.63) is 52.2 Å². The molecule has 22 heavy (non-hydrogen) atoms. The van der Waals surface area contributed by atoms with E-state index in [1.807, 2.05) is 37.3 Å². The second-order valence-corrected chi connectivity index (χ2v) is 5.72. The number of aliphatic hydroxyl groups excluding tert-OH is 1. The summed E-state index contributed by atoms with van der Waals surface area (Å²) in [7, 11) is 1.46. The van der Waals surface area contributed by atoms with Gasteiger partial charge in [0.2, 0.25) is 5.82 Å². The van der Waals surface area contributed by atoms with Gasteiger partial charge in [0.05, 0.1) is 6.61 Å². The fourth-order valence-electron chi connectivity index (χ4n) is 2.15. The Balaban J connectivity index is 2.00. The molecule has 1 unspecified atom stereocenters. The van der Waals surface area contributed by atoms with Gasteiger partial charge in [0, 0.05) is 19.0 Å². The summed E-state index contributed by atoms with van der Waals surface area (Å²) in [6.07, 6.45) is 0.628. The van der Waals surface area contributed by atoms with Crippen LogP contribution in [0.2, 0.25) is 0 Å². The van der Waals surface area contributed by atoms with Gasteiger partial charge >= 0.3 is 5.69 Å². The van der Waals surface area contributed by atoms with Crippen LogP contribution >= 0.6 is 0 Å². The second-order valence-electron chi connectivity index (χ2n) is 5.72. The molecule has 1 amide bonds. The quantitative estimate of drug-likeness (QED) is 0.703. The number of hydrogen-bond donors (Lipinski definition) is 3. The van der Waals surface area contributed by atoms with Crippen LogP contribution in [0.1, 0.15) is 23.1 Å². The van der Waals surface area contributed by atoms with Crippen LogP contribution in [-0.4, -0.2) is 38.9 Å². The standard InChI is InChI=1S/C15H20N4O3/c1-15(10-20,8-11-6-4-3-5-7-11)9-16-13(21)12-17-14(22)19(2)18-12/h3-7,20H,8-10H2,1-2H3,(H,16,21)(H,17,18,22). The summed E-state index contributed by atoms with van der Waals surface area (Å²) in [5, 5.41) is 16.2. The van der Waals surface area contributed by atoms with Crippen molar-refractivity contribution in [3.8, 4) is 0 Å². The first-order valence-corrected chi connectivity index (χ1v) is 7.00. The third kappa shape index (κ3) is 3.82. The summed E-state index contributed by atoms with van der Waals surface area (Å²) < 4.78 is 1.06. The lowest BCUT2D eigenvalue weighted by atomic mass is 9.84. The van der Waals surface area contributed by atoms with Gasteiger partial charge in [0.25, 0.3) is 5.91 Å². The zero-order valence-electron chi connectivity index (χ0n) is 12.7. The van der Waals surface area contributed by atoms with Crippen molar-refractivity contribution >= 4 is 5.91 Å². The van der Waals surface area contributed by atoms with Gasteiger partial charge in [-0.25, -0.2) is 9.48 Å². The lowest BCUT2D eigenvalue weighted by Gasteiger charge is -2.27. The Hall–Kier alpha value is -2.41. The number of nitrogens with one attached hydrogen (secondary N) is 2. The van der Waals surface area contributed by atoms with Crippen molar-refractivity contribution in [1.29, 1.82) is 0 Å². The number of aliphatic hydroxyl groups is 1. The number of hydrogen-bond acceptors (Lipinski definition) is 4. The first kappa shape index (κ1) is 16.0. The summed E-state index contributed by atoms with van der Waals surface area (Å²) in [5.41, 5.74) is 0.144. The molecule has 1 atom stereocenters. The van der Waals surface area contributed by atoms with Crippen LogP contribution in [-0.2, 0) is 13.5 Å². The number of benzene rings is 1. The molecule has 2 aromatic rings. The topological polar surface area (TPSA) is 100 Å². The monoisotopic (exact) mass is 304 g/mol. The number of carbonyl (C=O) groups excluding carboxylic acids is 1. The highest BCUT2D eigenvalue weighted by Gasteiger charge is 2.25. The van der Waals surface area contributed by atoms with Gasteiger partial charge in [-0.15, -0.1) is 5.10 Å². The van der Waals surface area contributed by atoms with Crippen LogP contribution in [0.15, 0.2) is 35.1 Å². The number of aromatic amines is 1. The van der Waals surface area contributed by atoms with Crippen molar-refractivity contribution < 1.29 is 9.90 Å². The highest BCUT2D eigenvalue weighted by atomic mass is 16.3. The molecule has 0 aliphatic rings. The third-order valence-electron chi connectivity index (χ3n) is 3.52. The van der Waals surface area contributed by atoms with Gasteiger partial charge in [-0.05, 0) is 12.0 Å². The fourth-order valence-corrected chi connectivity index (χ4v) is 2.15. The largest absolute Gasteiger partial charge is 0.396 e. The molecule has 0 aliphatic carbocycles. The van der Waals surface area contributed by atoms with E-state index in [4.69, 9.17) is 0 Å². The molecule has 0 saturated carbocycles. The maximum atomic E-state index is 12.0. The number of rotatable bonds is 6. The predicted octanol–water partition coefficient (Wildman–Crippen LogP) is 0.0795. The lowest BCUT2D eigenvalue weighted by Crippen LogP contribution is -2.40. The summed E-state index contributed by atoms with van der Waals surface area (Å²) in [4.78, 5) is 25.6. The molecular weight excluding hydrogens is 284 g/mol. The third-order valence-corrected chi connectivity index (χ3v) is 3.52. The molecule has 0 saturated heterocycles. The second kappa shape index (κ2) is 6.57. The number of carbonyl (C=O) groups is 1. The summed E-state index contributed by atoms with van der Waals surface area (Å²) >= 11 is 0. The van der Waals surface area contributed by atoms with E-state index in [0.717, 1.165) is 10.2 Å². The van der Waals surface area contributed by atoms with Gasteiger partial charge in [0.15, 0.2) is 0 Å². The minimum atomic E-state index is -0.494. The van der Waals surface area contributed by atoms with E-state index >= 15 is 0 Å². The Bertz CT molecular complexity index is 692. The Morgan fingerprint density at radius 3 is 2.64 bits per heavy atom. The Kier molecular flexibility index (Phi) is 4.77.